The molecule has 0 aromatic heterocycles. The van der Waals surface area contributed by atoms with E-state index in [1.54, 1.807) is 11.1 Å². The number of hydrogen-bond donors (Lipinski definition) is 2. The van der Waals surface area contributed by atoms with E-state index >= 15 is 0 Å². The predicted octanol–water partition coefficient (Wildman–Crippen LogP) is 4.06. The van der Waals surface area contributed by atoms with E-state index in [2.05, 4.69) is 20.8 Å². The normalized spacial score (nSPS) is 54.7. The molecule has 2 nitrogen and oxygen atoms in total. The minimum Gasteiger partial charge on any atom is -0.393 e. The fraction of sp³-hybridized carbons (Fsp3) is 0.900. The van der Waals surface area contributed by atoms with Gasteiger partial charge >= 0.3 is 0 Å². The Bertz CT molecular complexity index is 510. The molecule has 0 heterocycles. The summed E-state index contributed by atoms with van der Waals surface area (Å²) in [4.78, 5) is 0. The van der Waals surface area contributed by atoms with Crippen molar-refractivity contribution in [2.45, 2.75) is 84.3 Å². The van der Waals surface area contributed by atoms with Gasteiger partial charge in [0.05, 0.1) is 12.2 Å². The molecular formula is C20H32O2. The molecule has 4 aliphatic carbocycles. The maximum absolute atomic E-state index is 10.5. The fourth-order valence-electron chi connectivity index (χ4n) is 7.07. The van der Waals surface area contributed by atoms with Crippen molar-refractivity contribution in [1.29, 1.82) is 0 Å². The molecule has 22 heavy (non-hydrogen) atoms. The van der Waals surface area contributed by atoms with Crippen LogP contribution in [0.4, 0.5) is 0 Å². The average Bonchev–Trinajstić information content (AvgIpc) is 2.77. The third-order valence-electron chi connectivity index (χ3n) is 8.39. The SMILES string of the molecule is CC1=C2CC(O)CC[C@]2(C)[C@@H]2CC[C@]3(C)C(O)CC[C@H]3[C@@H]2C1. The molecule has 2 unspecified atom stereocenters. The second-order valence-electron chi connectivity index (χ2n) is 9.29. The van der Waals surface area contributed by atoms with Gasteiger partial charge < -0.3 is 10.2 Å². The number of hydrogen-bond acceptors (Lipinski definition) is 2. The standard InChI is InChI=1S/C20H32O2/c1-12-10-14-15-4-5-18(22)20(15,3)9-7-16(14)19(2)8-6-13(21)11-17(12)19/h13-16,18,21-22H,4-11H2,1-3H3/t13?,14-,15-,16+,18?,19+,20-/m0/s1. The minimum atomic E-state index is -0.114. The molecule has 2 N–H and O–H groups in total. The number of aliphatic hydroxyl groups is 2. The van der Waals surface area contributed by atoms with E-state index in [-0.39, 0.29) is 17.6 Å². The molecule has 0 amide bonds. The van der Waals surface area contributed by atoms with Crippen molar-refractivity contribution in [3.05, 3.63) is 11.1 Å². The zero-order valence-corrected chi connectivity index (χ0v) is 14.4. The maximum Gasteiger partial charge on any atom is 0.0596 e. The molecule has 0 radical (unpaired) electrons. The third kappa shape index (κ3) is 1.86. The van der Waals surface area contributed by atoms with Crippen molar-refractivity contribution >= 4 is 0 Å². The summed E-state index contributed by atoms with van der Waals surface area (Å²) in [5.41, 5.74) is 3.65. The highest BCUT2D eigenvalue weighted by Crippen LogP contribution is 2.65. The van der Waals surface area contributed by atoms with Crippen LogP contribution in [0.25, 0.3) is 0 Å². The first-order chi connectivity index (χ1) is 10.4. The number of fused-ring (bicyclic) bond motifs is 5. The highest BCUT2D eigenvalue weighted by molar-refractivity contribution is 5.30. The van der Waals surface area contributed by atoms with Crippen LogP contribution in [0.15, 0.2) is 11.1 Å². The van der Waals surface area contributed by atoms with Crippen LogP contribution in [0.1, 0.15) is 72.1 Å². The lowest BCUT2D eigenvalue weighted by molar-refractivity contribution is -0.0730. The van der Waals surface area contributed by atoms with Crippen molar-refractivity contribution in [3.8, 4) is 0 Å². The Morgan fingerprint density at radius 1 is 0.909 bits per heavy atom. The Balaban J connectivity index is 1.73. The van der Waals surface area contributed by atoms with Crippen molar-refractivity contribution in [1.82, 2.24) is 0 Å². The molecule has 0 spiro atoms. The van der Waals surface area contributed by atoms with E-state index in [1.165, 1.54) is 25.7 Å². The van der Waals surface area contributed by atoms with Gasteiger partial charge in [-0.05, 0) is 86.9 Å². The topological polar surface area (TPSA) is 40.5 Å². The van der Waals surface area contributed by atoms with Crippen molar-refractivity contribution < 1.29 is 10.2 Å². The fourth-order valence-corrected chi connectivity index (χ4v) is 7.07. The van der Waals surface area contributed by atoms with Gasteiger partial charge in [-0.3, -0.25) is 0 Å². The van der Waals surface area contributed by atoms with Crippen LogP contribution >= 0.6 is 0 Å². The number of rotatable bonds is 0. The molecule has 3 saturated carbocycles. The highest BCUT2D eigenvalue weighted by atomic mass is 16.3. The van der Waals surface area contributed by atoms with E-state index in [9.17, 15) is 10.2 Å². The first-order valence-corrected chi connectivity index (χ1v) is 9.41. The van der Waals surface area contributed by atoms with Crippen molar-refractivity contribution in [2.24, 2.45) is 28.6 Å². The van der Waals surface area contributed by atoms with E-state index < -0.39 is 0 Å². The Morgan fingerprint density at radius 3 is 2.45 bits per heavy atom. The lowest BCUT2D eigenvalue weighted by Gasteiger charge is -2.58. The van der Waals surface area contributed by atoms with Crippen LogP contribution < -0.4 is 0 Å². The molecule has 0 bridgehead atoms. The first-order valence-electron chi connectivity index (χ1n) is 9.41. The van der Waals surface area contributed by atoms with E-state index in [0.29, 0.717) is 11.3 Å². The van der Waals surface area contributed by atoms with Crippen molar-refractivity contribution in [2.75, 3.05) is 0 Å². The lowest BCUT2D eigenvalue weighted by atomic mass is 9.47. The van der Waals surface area contributed by atoms with Gasteiger partial charge in [0.2, 0.25) is 0 Å². The molecular weight excluding hydrogens is 272 g/mol. The van der Waals surface area contributed by atoms with Crippen LogP contribution in [-0.4, -0.2) is 22.4 Å². The quantitative estimate of drug-likeness (QED) is 0.663. The Labute approximate surface area is 135 Å². The van der Waals surface area contributed by atoms with Crippen LogP contribution in [0, 0.1) is 28.6 Å². The second-order valence-corrected chi connectivity index (χ2v) is 9.29. The van der Waals surface area contributed by atoms with E-state index in [1.807, 2.05) is 0 Å². The van der Waals surface area contributed by atoms with Crippen LogP contribution in [0.3, 0.4) is 0 Å². The van der Waals surface area contributed by atoms with Gasteiger partial charge in [-0.25, -0.2) is 0 Å². The summed E-state index contributed by atoms with van der Waals surface area (Å²) in [5, 5.41) is 20.7. The van der Waals surface area contributed by atoms with Gasteiger partial charge in [0.25, 0.3) is 0 Å². The molecule has 7 atom stereocenters. The lowest BCUT2D eigenvalue weighted by Crippen LogP contribution is -2.51. The van der Waals surface area contributed by atoms with Gasteiger partial charge in [-0.1, -0.05) is 25.0 Å². The Morgan fingerprint density at radius 2 is 1.68 bits per heavy atom. The van der Waals surface area contributed by atoms with E-state index in [4.69, 9.17) is 0 Å². The average molecular weight is 304 g/mol. The molecule has 0 aromatic carbocycles. The summed E-state index contributed by atoms with van der Waals surface area (Å²) in [7, 11) is 0. The summed E-state index contributed by atoms with van der Waals surface area (Å²) < 4.78 is 0. The third-order valence-corrected chi connectivity index (χ3v) is 8.39. The second kappa shape index (κ2) is 4.83. The summed E-state index contributed by atoms with van der Waals surface area (Å²) in [6.07, 6.45) is 8.78. The molecule has 2 heteroatoms. The van der Waals surface area contributed by atoms with Crippen LogP contribution in [-0.2, 0) is 0 Å². The van der Waals surface area contributed by atoms with Gasteiger partial charge in [-0.15, -0.1) is 0 Å². The summed E-state index contributed by atoms with van der Waals surface area (Å²) in [5.74, 6) is 2.25. The Hall–Kier alpha value is -0.340. The molecule has 0 saturated heterocycles. The Kier molecular flexibility index (Phi) is 3.34. The zero-order valence-electron chi connectivity index (χ0n) is 14.4. The van der Waals surface area contributed by atoms with Gasteiger partial charge in [0.15, 0.2) is 0 Å². The molecule has 0 aromatic rings. The van der Waals surface area contributed by atoms with Crippen LogP contribution in [0.5, 0.6) is 0 Å². The minimum absolute atomic E-state index is 0.0786. The molecule has 124 valence electrons. The van der Waals surface area contributed by atoms with E-state index in [0.717, 1.165) is 37.5 Å². The smallest absolute Gasteiger partial charge is 0.0596 e. The zero-order chi connectivity index (χ0) is 15.7. The van der Waals surface area contributed by atoms with Gasteiger partial charge in [0, 0.05) is 0 Å². The summed E-state index contributed by atoms with van der Waals surface area (Å²) in [6, 6.07) is 0. The summed E-state index contributed by atoms with van der Waals surface area (Å²) >= 11 is 0. The predicted molar refractivity (Wildman–Crippen MR) is 88.3 cm³/mol. The molecule has 0 aliphatic heterocycles. The number of aliphatic hydroxyl groups excluding tert-OH is 2. The maximum atomic E-state index is 10.5. The molecule has 3 fully saturated rings. The van der Waals surface area contributed by atoms with Gasteiger partial charge in [-0.2, -0.15) is 0 Å². The highest BCUT2D eigenvalue weighted by Gasteiger charge is 2.59. The van der Waals surface area contributed by atoms with Crippen LogP contribution in [0.2, 0.25) is 0 Å². The first kappa shape index (κ1) is 15.2. The largest absolute Gasteiger partial charge is 0.393 e. The summed E-state index contributed by atoms with van der Waals surface area (Å²) in [6.45, 7) is 7.16. The van der Waals surface area contributed by atoms with Crippen molar-refractivity contribution in [3.63, 3.8) is 0 Å². The molecule has 4 rings (SSSR count). The monoisotopic (exact) mass is 304 g/mol. The molecule has 4 aliphatic rings. The number of allylic oxidation sites excluding steroid dienone is 1. The van der Waals surface area contributed by atoms with Gasteiger partial charge in [0.1, 0.15) is 0 Å².